The van der Waals surface area contributed by atoms with Gasteiger partial charge in [0.15, 0.2) is 5.82 Å². The van der Waals surface area contributed by atoms with E-state index in [1.165, 1.54) is 11.1 Å². The van der Waals surface area contributed by atoms with Gasteiger partial charge in [-0.3, -0.25) is 4.98 Å². The molecule has 0 unspecified atom stereocenters. The van der Waals surface area contributed by atoms with Gasteiger partial charge in [0, 0.05) is 39.2 Å². The summed E-state index contributed by atoms with van der Waals surface area (Å²) in [6.07, 6.45) is 12.4. The normalized spacial score (nSPS) is 13.3. The van der Waals surface area contributed by atoms with Crippen molar-refractivity contribution in [2.24, 2.45) is 0 Å². The van der Waals surface area contributed by atoms with E-state index < -0.39 is 0 Å². The van der Waals surface area contributed by atoms with Crippen LogP contribution in [0.2, 0.25) is 0 Å². The van der Waals surface area contributed by atoms with Crippen molar-refractivity contribution in [2.75, 3.05) is 0 Å². The van der Waals surface area contributed by atoms with Crippen LogP contribution in [0.3, 0.4) is 0 Å². The smallest absolute Gasteiger partial charge is 0.160 e. The molecule has 0 aliphatic heterocycles. The minimum atomic E-state index is 0.744. The van der Waals surface area contributed by atoms with Crippen molar-refractivity contribution in [3.8, 4) is 67.7 Å². The van der Waals surface area contributed by atoms with Crippen LogP contribution in [0.15, 0.2) is 170 Å². The predicted molar refractivity (Wildman–Crippen MR) is 235 cm³/mol. The number of allylic oxidation sites excluding steroid dienone is 4. The van der Waals surface area contributed by atoms with Gasteiger partial charge in [-0.2, -0.15) is 0 Å². The maximum absolute atomic E-state index is 5.21. The van der Waals surface area contributed by atoms with Crippen molar-refractivity contribution in [1.82, 2.24) is 29.9 Å². The fraction of sp³-hybridized carbons (Fsp3) is 0.0769. The highest BCUT2D eigenvalue weighted by atomic mass is 14.9. The molecule has 6 nitrogen and oxygen atoms in total. The summed E-state index contributed by atoms with van der Waals surface area (Å²) < 4.78 is 0. The standard InChI is InChI=1S/C52H36N6/c1-3-9-33(10-4-1)48-32-49(58-52(57-48)38-11-5-2-6-12-38)42-14-7-13-41(29-42)43-25-22-34-16-20-39(30-46(34)54-43)40-21-17-35-23-26-44(55-47(35)31-40)45-27-24-37-19-18-36-15-8-28-53-50(36)51(37)56-45/h1,3-5,7-17,20-32H,2,6,18-19H2. The molecule has 0 spiro atoms. The van der Waals surface area contributed by atoms with Gasteiger partial charge in [0.25, 0.3) is 0 Å². The molecular weight excluding hydrogens is 709 g/mol. The summed E-state index contributed by atoms with van der Waals surface area (Å²) in [5.74, 6) is 0.744. The van der Waals surface area contributed by atoms with Gasteiger partial charge in [-0.15, -0.1) is 0 Å². The average Bonchev–Trinajstić information content (AvgIpc) is 3.31. The molecular formula is C52H36N6. The Morgan fingerprint density at radius 1 is 0.397 bits per heavy atom. The SMILES string of the molecule is C1=CC(c2nc(-c3ccccc3)cc(-c3cccc(-c4ccc5ccc(-c6ccc7ccc(-c8ccc9c(n8)-c8ncccc8CC9)nc7c6)cc5n4)c3)n2)=CCC1. The van der Waals surface area contributed by atoms with Crippen LogP contribution in [0.1, 0.15) is 29.8 Å². The fourth-order valence-corrected chi connectivity index (χ4v) is 8.16. The Hall–Kier alpha value is -7.44. The molecule has 11 rings (SSSR count). The molecule has 0 saturated carbocycles. The number of hydrogen-bond acceptors (Lipinski definition) is 6. The molecule has 0 N–H and O–H groups in total. The Labute approximate surface area is 336 Å². The quantitative estimate of drug-likeness (QED) is 0.169. The van der Waals surface area contributed by atoms with Crippen molar-refractivity contribution in [1.29, 1.82) is 0 Å². The predicted octanol–water partition coefficient (Wildman–Crippen LogP) is 12.2. The van der Waals surface area contributed by atoms with Crippen molar-refractivity contribution in [2.45, 2.75) is 25.7 Å². The Balaban J connectivity index is 0.925. The monoisotopic (exact) mass is 744 g/mol. The van der Waals surface area contributed by atoms with Crippen LogP contribution >= 0.6 is 0 Å². The largest absolute Gasteiger partial charge is 0.254 e. The summed E-state index contributed by atoms with van der Waals surface area (Å²) in [7, 11) is 0. The molecule has 9 aromatic rings. The highest BCUT2D eigenvalue weighted by Crippen LogP contribution is 2.35. The first-order chi connectivity index (χ1) is 28.7. The Kier molecular flexibility index (Phi) is 8.32. The van der Waals surface area contributed by atoms with E-state index in [2.05, 4.69) is 145 Å². The molecule has 58 heavy (non-hydrogen) atoms. The van der Waals surface area contributed by atoms with Crippen LogP contribution < -0.4 is 0 Å². The first-order valence-corrected chi connectivity index (χ1v) is 19.9. The van der Waals surface area contributed by atoms with E-state index in [0.717, 1.165) is 127 Å². The lowest BCUT2D eigenvalue weighted by Gasteiger charge is -2.18. The van der Waals surface area contributed by atoms with Crippen LogP contribution in [0.4, 0.5) is 0 Å². The molecule has 0 amide bonds. The van der Waals surface area contributed by atoms with Crippen LogP contribution in [0.5, 0.6) is 0 Å². The first kappa shape index (κ1) is 33.9. The Morgan fingerprint density at radius 3 is 1.79 bits per heavy atom. The van der Waals surface area contributed by atoms with Crippen LogP contribution in [-0.2, 0) is 12.8 Å². The minimum Gasteiger partial charge on any atom is -0.254 e. The lowest BCUT2D eigenvalue weighted by atomic mass is 9.92. The second-order valence-corrected chi connectivity index (χ2v) is 15.0. The van der Waals surface area contributed by atoms with E-state index in [1.54, 1.807) is 0 Å². The molecule has 5 heterocycles. The molecule has 0 saturated heterocycles. The summed E-state index contributed by atoms with van der Waals surface area (Å²) in [6, 6.07) is 50.8. The Morgan fingerprint density at radius 2 is 1.03 bits per heavy atom. The third kappa shape index (κ3) is 6.35. The van der Waals surface area contributed by atoms with Gasteiger partial charge in [-0.05, 0) is 96.5 Å². The summed E-state index contributed by atoms with van der Waals surface area (Å²) in [5.41, 5.74) is 17.0. The van der Waals surface area contributed by atoms with Gasteiger partial charge in [-0.1, -0.05) is 115 Å². The number of hydrogen-bond donors (Lipinski definition) is 0. The van der Waals surface area contributed by atoms with Crippen molar-refractivity contribution < 1.29 is 0 Å². The highest BCUT2D eigenvalue weighted by molar-refractivity contribution is 5.90. The molecule has 0 fully saturated rings. The molecule has 0 atom stereocenters. The molecule has 4 aromatic carbocycles. The van der Waals surface area contributed by atoms with E-state index in [1.807, 2.05) is 30.5 Å². The summed E-state index contributed by atoms with van der Waals surface area (Å²) in [6.45, 7) is 0. The number of aromatic nitrogens is 6. The number of aryl methyl sites for hydroxylation is 2. The van der Waals surface area contributed by atoms with Crippen LogP contribution in [-0.4, -0.2) is 29.9 Å². The maximum atomic E-state index is 5.21. The minimum absolute atomic E-state index is 0.744. The zero-order valence-electron chi connectivity index (χ0n) is 31.7. The van der Waals surface area contributed by atoms with Gasteiger partial charge in [0.1, 0.15) is 0 Å². The summed E-state index contributed by atoms with van der Waals surface area (Å²) >= 11 is 0. The average molecular weight is 745 g/mol. The van der Waals surface area contributed by atoms with Crippen LogP contribution in [0, 0.1) is 0 Å². The number of benzene rings is 4. The molecule has 0 radical (unpaired) electrons. The van der Waals surface area contributed by atoms with E-state index in [0.29, 0.717) is 0 Å². The van der Waals surface area contributed by atoms with Crippen LogP contribution in [0.25, 0.3) is 95.1 Å². The second kappa shape index (κ2) is 14.3. The zero-order chi connectivity index (χ0) is 38.4. The number of pyridine rings is 4. The van der Waals surface area contributed by atoms with Crippen molar-refractivity contribution in [3.05, 3.63) is 187 Å². The first-order valence-electron chi connectivity index (χ1n) is 19.9. The second-order valence-electron chi connectivity index (χ2n) is 15.0. The lowest BCUT2D eigenvalue weighted by molar-refractivity contribution is 0.913. The molecule has 274 valence electrons. The van der Waals surface area contributed by atoms with E-state index in [9.17, 15) is 0 Å². The third-order valence-corrected chi connectivity index (χ3v) is 11.2. The number of nitrogens with zero attached hydrogens (tertiary/aromatic N) is 6. The van der Waals surface area contributed by atoms with Gasteiger partial charge in [0.2, 0.25) is 0 Å². The maximum Gasteiger partial charge on any atom is 0.160 e. The molecule has 0 bridgehead atoms. The zero-order valence-corrected chi connectivity index (χ0v) is 31.7. The van der Waals surface area contributed by atoms with Gasteiger partial charge in [0.05, 0.1) is 50.9 Å². The molecule has 2 aliphatic rings. The van der Waals surface area contributed by atoms with Gasteiger partial charge >= 0.3 is 0 Å². The van der Waals surface area contributed by atoms with E-state index in [4.69, 9.17) is 24.9 Å². The van der Waals surface area contributed by atoms with Crippen molar-refractivity contribution >= 4 is 27.4 Å². The van der Waals surface area contributed by atoms with Crippen molar-refractivity contribution in [3.63, 3.8) is 0 Å². The fourth-order valence-electron chi connectivity index (χ4n) is 8.16. The highest BCUT2D eigenvalue weighted by Gasteiger charge is 2.20. The third-order valence-electron chi connectivity index (χ3n) is 11.2. The number of rotatable bonds is 6. The molecule has 2 aliphatic carbocycles. The topological polar surface area (TPSA) is 77.3 Å². The number of fused-ring (bicyclic) bond motifs is 5. The van der Waals surface area contributed by atoms with E-state index in [-0.39, 0.29) is 0 Å². The summed E-state index contributed by atoms with van der Waals surface area (Å²) in [4.78, 5) is 30.2. The van der Waals surface area contributed by atoms with E-state index >= 15 is 0 Å². The lowest BCUT2D eigenvalue weighted by Crippen LogP contribution is -2.07. The van der Waals surface area contributed by atoms with Gasteiger partial charge in [-0.25, -0.2) is 24.9 Å². The summed E-state index contributed by atoms with van der Waals surface area (Å²) in [5, 5.41) is 2.17. The van der Waals surface area contributed by atoms with Gasteiger partial charge < -0.3 is 0 Å². The Bertz CT molecular complexity index is 3130. The molecule has 5 aromatic heterocycles. The molecule has 6 heteroatoms.